The highest BCUT2D eigenvalue weighted by Crippen LogP contribution is 2.25. The summed E-state index contributed by atoms with van der Waals surface area (Å²) in [6.45, 7) is 2.58. The van der Waals surface area contributed by atoms with E-state index in [0.29, 0.717) is 17.3 Å². The first-order valence-electron chi connectivity index (χ1n) is 10.8. The Bertz CT molecular complexity index is 1260. The van der Waals surface area contributed by atoms with Crippen LogP contribution in [0.3, 0.4) is 0 Å². The van der Waals surface area contributed by atoms with Crippen LogP contribution in [0, 0.1) is 0 Å². The summed E-state index contributed by atoms with van der Waals surface area (Å²) >= 11 is 7.57. The third-order valence-electron chi connectivity index (χ3n) is 5.03. The number of thioether (sulfide) groups is 1. The summed E-state index contributed by atoms with van der Waals surface area (Å²) in [6, 6.07) is 22.9. The lowest BCUT2D eigenvalue weighted by molar-refractivity contribution is -0.634. The van der Waals surface area contributed by atoms with Gasteiger partial charge in [0, 0.05) is 5.56 Å². The molecule has 1 amide bonds. The van der Waals surface area contributed by atoms with Gasteiger partial charge in [-0.1, -0.05) is 23.7 Å². The minimum absolute atomic E-state index is 0.142. The van der Waals surface area contributed by atoms with Crippen molar-refractivity contribution in [3.8, 4) is 28.4 Å². The van der Waals surface area contributed by atoms with Crippen LogP contribution in [0.15, 0.2) is 84.1 Å². The Morgan fingerprint density at radius 1 is 1.03 bits per heavy atom. The van der Waals surface area contributed by atoms with Crippen molar-refractivity contribution in [2.45, 2.75) is 12.1 Å². The second kappa shape index (κ2) is 11.1. The van der Waals surface area contributed by atoms with Crippen molar-refractivity contribution in [3.63, 3.8) is 0 Å². The van der Waals surface area contributed by atoms with E-state index in [1.165, 1.54) is 11.8 Å². The minimum atomic E-state index is -0.142. The van der Waals surface area contributed by atoms with Gasteiger partial charge < -0.3 is 14.8 Å². The van der Waals surface area contributed by atoms with Gasteiger partial charge >= 0.3 is 5.16 Å². The van der Waals surface area contributed by atoms with Gasteiger partial charge in [0.1, 0.15) is 23.4 Å². The fourth-order valence-corrected chi connectivity index (χ4v) is 4.36. The van der Waals surface area contributed by atoms with Gasteiger partial charge in [0.05, 0.1) is 30.2 Å². The maximum Gasteiger partial charge on any atom is 0.321 e. The quantitative estimate of drug-likeness (QED) is 0.229. The van der Waals surface area contributed by atoms with E-state index in [1.807, 2.05) is 78.4 Å². The van der Waals surface area contributed by atoms with Gasteiger partial charge in [-0.3, -0.25) is 4.79 Å². The lowest BCUT2D eigenvalue weighted by Gasteiger charge is -2.06. The van der Waals surface area contributed by atoms with Crippen LogP contribution in [0.1, 0.15) is 6.92 Å². The first-order valence-corrected chi connectivity index (χ1v) is 12.1. The molecule has 1 aromatic heterocycles. The van der Waals surface area contributed by atoms with E-state index in [2.05, 4.69) is 10.3 Å². The molecule has 4 aromatic rings. The van der Waals surface area contributed by atoms with Crippen LogP contribution in [-0.4, -0.2) is 30.4 Å². The number of imidazole rings is 1. The minimum Gasteiger partial charge on any atom is -0.497 e. The van der Waals surface area contributed by atoms with Gasteiger partial charge in [0.15, 0.2) is 5.69 Å². The van der Waals surface area contributed by atoms with E-state index in [9.17, 15) is 4.79 Å². The molecule has 0 unspecified atom stereocenters. The predicted molar refractivity (Wildman–Crippen MR) is 136 cm³/mol. The zero-order valence-corrected chi connectivity index (χ0v) is 20.5. The monoisotopic (exact) mass is 494 g/mol. The number of aromatic amines is 1. The van der Waals surface area contributed by atoms with Crippen molar-refractivity contribution in [1.82, 2.24) is 4.98 Å². The van der Waals surface area contributed by atoms with E-state index in [4.69, 9.17) is 21.1 Å². The molecule has 3 aromatic carbocycles. The number of carbonyl (C=O) groups excluding carboxylic acids is 1. The van der Waals surface area contributed by atoms with Gasteiger partial charge in [-0.2, -0.15) is 4.57 Å². The molecule has 0 saturated carbocycles. The van der Waals surface area contributed by atoms with E-state index in [0.717, 1.165) is 33.6 Å². The molecule has 1 heterocycles. The summed E-state index contributed by atoms with van der Waals surface area (Å²) in [5, 5.41) is 4.19. The third-order valence-corrected chi connectivity index (χ3v) is 6.34. The van der Waals surface area contributed by atoms with Crippen molar-refractivity contribution >= 4 is 35.0 Å². The molecule has 0 spiro atoms. The normalized spacial score (nSPS) is 10.7. The SMILES string of the molecule is CCOc1ccc(-c2c[n+](-c3ccc(OC)cc3)c(SCC(=O)Nc3ccccc3Cl)[nH]2)cc1. The molecule has 0 aliphatic heterocycles. The zero-order valence-electron chi connectivity index (χ0n) is 18.9. The number of amides is 1. The average Bonchev–Trinajstić information content (AvgIpc) is 3.29. The number of benzene rings is 3. The molecule has 0 aliphatic rings. The number of hydrogen-bond acceptors (Lipinski definition) is 4. The molecule has 34 heavy (non-hydrogen) atoms. The molecular weight excluding hydrogens is 470 g/mol. The number of anilines is 1. The van der Waals surface area contributed by atoms with E-state index < -0.39 is 0 Å². The van der Waals surface area contributed by atoms with Crippen molar-refractivity contribution in [2.24, 2.45) is 0 Å². The molecule has 0 aliphatic carbocycles. The molecule has 0 saturated heterocycles. The van der Waals surface area contributed by atoms with Gasteiger partial charge in [-0.15, -0.1) is 0 Å². The van der Waals surface area contributed by atoms with Gasteiger partial charge in [0.25, 0.3) is 0 Å². The standard InChI is InChI=1S/C26H24ClN3O3S/c1-3-33-21-12-8-18(9-13-21)24-16-30(19-10-14-20(32-2)15-11-19)26(29-24)34-17-25(31)28-23-7-5-4-6-22(23)27/h4-16H,3,17H2,1-2H3,(H,28,31)/p+1. The van der Waals surface area contributed by atoms with Crippen LogP contribution in [0.25, 0.3) is 16.9 Å². The van der Waals surface area contributed by atoms with Crippen LogP contribution in [0.2, 0.25) is 5.02 Å². The van der Waals surface area contributed by atoms with Crippen LogP contribution in [0.5, 0.6) is 11.5 Å². The molecule has 0 radical (unpaired) electrons. The van der Waals surface area contributed by atoms with Crippen molar-refractivity contribution in [2.75, 3.05) is 24.8 Å². The highest BCUT2D eigenvalue weighted by atomic mass is 35.5. The Hall–Kier alpha value is -3.42. The lowest BCUT2D eigenvalue weighted by atomic mass is 10.1. The molecule has 0 atom stereocenters. The number of H-pyrrole nitrogens is 1. The molecule has 4 rings (SSSR count). The number of para-hydroxylation sites is 1. The number of carbonyl (C=O) groups is 1. The molecule has 6 nitrogen and oxygen atoms in total. The molecule has 8 heteroatoms. The van der Waals surface area contributed by atoms with E-state index >= 15 is 0 Å². The summed E-state index contributed by atoms with van der Waals surface area (Å²) in [6.07, 6.45) is 2.02. The third kappa shape index (κ3) is 5.73. The average molecular weight is 495 g/mol. The number of rotatable bonds is 9. The molecule has 0 fully saturated rings. The smallest absolute Gasteiger partial charge is 0.321 e. The fourth-order valence-electron chi connectivity index (χ4n) is 3.36. The summed E-state index contributed by atoms with van der Waals surface area (Å²) < 4.78 is 12.9. The van der Waals surface area contributed by atoms with Crippen LogP contribution in [0.4, 0.5) is 5.69 Å². The molecule has 0 bridgehead atoms. The second-order valence-corrected chi connectivity index (χ2v) is 8.69. The number of halogens is 1. The van der Waals surface area contributed by atoms with E-state index in [-0.39, 0.29) is 11.7 Å². The number of methoxy groups -OCH3 is 1. The van der Waals surface area contributed by atoms with Crippen LogP contribution < -0.4 is 19.4 Å². The second-order valence-electron chi connectivity index (χ2n) is 7.32. The zero-order chi connectivity index (χ0) is 23.9. The molecular formula is C26H25ClN3O3S+. The highest BCUT2D eigenvalue weighted by Gasteiger charge is 2.21. The van der Waals surface area contributed by atoms with Crippen molar-refractivity contribution in [3.05, 3.63) is 84.0 Å². The first kappa shape index (κ1) is 23.7. The maximum absolute atomic E-state index is 12.6. The Morgan fingerprint density at radius 3 is 2.41 bits per heavy atom. The predicted octanol–water partition coefficient (Wildman–Crippen LogP) is 5.75. The number of hydrogen-bond donors (Lipinski definition) is 2. The molecule has 2 N–H and O–H groups in total. The van der Waals surface area contributed by atoms with E-state index in [1.54, 1.807) is 19.2 Å². The maximum atomic E-state index is 12.6. The molecule has 174 valence electrons. The summed E-state index contributed by atoms with van der Waals surface area (Å²) in [5.74, 6) is 1.67. The number of aromatic nitrogens is 2. The lowest BCUT2D eigenvalue weighted by Crippen LogP contribution is -2.31. The Morgan fingerprint density at radius 2 is 1.74 bits per heavy atom. The fraction of sp³-hybridized carbons (Fsp3) is 0.154. The van der Waals surface area contributed by atoms with Crippen molar-refractivity contribution < 1.29 is 18.8 Å². The summed E-state index contributed by atoms with van der Waals surface area (Å²) in [7, 11) is 1.64. The first-order chi connectivity index (χ1) is 16.6. The Labute approximate surface area is 207 Å². The Kier molecular flexibility index (Phi) is 7.77. The van der Waals surface area contributed by atoms with Gasteiger partial charge in [-0.05, 0) is 79.3 Å². The Balaban J connectivity index is 1.58. The van der Waals surface area contributed by atoms with Gasteiger partial charge in [-0.25, -0.2) is 4.98 Å². The summed E-state index contributed by atoms with van der Waals surface area (Å²) in [4.78, 5) is 16.1. The highest BCUT2D eigenvalue weighted by molar-refractivity contribution is 7.99. The van der Waals surface area contributed by atoms with Gasteiger partial charge in [0.2, 0.25) is 5.91 Å². The summed E-state index contributed by atoms with van der Waals surface area (Å²) in [5.41, 5.74) is 3.48. The van der Waals surface area contributed by atoms with Crippen LogP contribution >= 0.6 is 23.4 Å². The number of nitrogens with zero attached hydrogens (tertiary/aromatic N) is 1. The van der Waals surface area contributed by atoms with Crippen LogP contribution in [-0.2, 0) is 4.79 Å². The topological polar surface area (TPSA) is 67.2 Å². The largest absolute Gasteiger partial charge is 0.497 e. The van der Waals surface area contributed by atoms with Crippen molar-refractivity contribution in [1.29, 1.82) is 0 Å². The number of nitrogens with one attached hydrogen (secondary N) is 2. The number of ether oxygens (including phenoxy) is 2.